The summed E-state index contributed by atoms with van der Waals surface area (Å²) in [6, 6.07) is 59.6. The maximum absolute atomic E-state index is 6.28. The van der Waals surface area contributed by atoms with E-state index in [9.17, 15) is 0 Å². The van der Waals surface area contributed by atoms with Crippen LogP contribution in [0.2, 0.25) is 0 Å². The second-order valence-corrected chi connectivity index (χ2v) is 17.0. The van der Waals surface area contributed by atoms with Crippen molar-refractivity contribution in [2.45, 2.75) is 0 Å². The van der Waals surface area contributed by atoms with Crippen molar-refractivity contribution in [3.63, 3.8) is 0 Å². The van der Waals surface area contributed by atoms with Crippen LogP contribution in [0, 0.1) is 0 Å². The third-order valence-electron chi connectivity index (χ3n) is 11.0. The molecule has 0 radical (unpaired) electrons. The predicted octanol–water partition coefficient (Wildman–Crippen LogP) is 8.14. The molecule has 0 bridgehead atoms. The van der Waals surface area contributed by atoms with Crippen molar-refractivity contribution < 1.29 is 8.83 Å². The number of furan rings is 2. The zero-order valence-electron chi connectivity index (χ0n) is 27.1. The van der Waals surface area contributed by atoms with Crippen molar-refractivity contribution in [2.24, 2.45) is 0 Å². The minimum absolute atomic E-state index is 0.179. The first-order valence-corrected chi connectivity index (χ1v) is 19.4. The topological polar surface area (TPSA) is 26.3 Å². The molecule has 0 fully saturated rings. The molecule has 0 aliphatic carbocycles. The fourth-order valence-corrected chi connectivity index (χ4v) is 13.5. The average Bonchev–Trinajstić information content (AvgIpc) is 3.87. The van der Waals surface area contributed by atoms with Gasteiger partial charge in [-0.2, -0.15) is 0 Å². The number of hydrogen-bond acceptors (Lipinski definition) is 2. The Bertz CT molecular complexity index is 2710. The smallest absolute Gasteiger partial charge is 0.240 e. The lowest BCUT2D eigenvalue weighted by Gasteiger charge is -2.37. The lowest BCUT2D eigenvalue weighted by Crippen LogP contribution is -2.77. The van der Waals surface area contributed by atoms with E-state index in [0.717, 1.165) is 43.9 Å². The summed E-state index contributed by atoms with van der Waals surface area (Å²) in [7, 11) is -2.61. The Balaban J connectivity index is 1.21. The van der Waals surface area contributed by atoms with Gasteiger partial charge in [-0.1, -0.05) is 166 Å². The van der Waals surface area contributed by atoms with E-state index in [1.54, 1.807) is 0 Å². The molecule has 7 aromatic carbocycles. The Kier molecular flexibility index (Phi) is 5.81. The minimum atomic E-state index is -2.61. The Morgan fingerprint density at radius 2 is 0.820 bits per heavy atom. The molecular formula is C46H29BO2Si. The van der Waals surface area contributed by atoms with Gasteiger partial charge in [0.1, 0.15) is 22.3 Å². The predicted molar refractivity (Wildman–Crippen MR) is 212 cm³/mol. The van der Waals surface area contributed by atoms with Gasteiger partial charge in [-0.25, -0.2) is 0 Å². The van der Waals surface area contributed by atoms with Gasteiger partial charge >= 0.3 is 0 Å². The second-order valence-electron chi connectivity index (χ2n) is 13.6. The highest BCUT2D eigenvalue weighted by Gasteiger charge is 2.47. The SMILES string of the molecule is C1=C(c2ccc3oc4ccccc4c3c2)C(c2ccc3oc4ccccc4c3c2)=C[Si]12c1ccccc1B(c1ccccc1)c1ccccc12. The molecular weight excluding hydrogens is 623 g/mol. The molecule has 0 N–H and O–H groups in total. The van der Waals surface area contributed by atoms with Crippen molar-refractivity contribution in [2.75, 3.05) is 0 Å². The molecule has 50 heavy (non-hydrogen) atoms. The van der Waals surface area contributed by atoms with E-state index in [1.165, 1.54) is 49.0 Å². The number of benzene rings is 7. The van der Waals surface area contributed by atoms with Gasteiger partial charge in [0.05, 0.1) is 0 Å². The number of para-hydroxylation sites is 2. The van der Waals surface area contributed by atoms with Crippen LogP contribution >= 0.6 is 0 Å². The lowest BCUT2D eigenvalue weighted by atomic mass is 9.36. The van der Waals surface area contributed by atoms with Crippen LogP contribution < -0.4 is 26.8 Å². The Morgan fingerprint density at radius 3 is 1.36 bits per heavy atom. The molecule has 0 saturated carbocycles. The summed E-state index contributed by atoms with van der Waals surface area (Å²) in [5.41, 5.74) is 18.1. The minimum Gasteiger partial charge on any atom is -0.456 e. The molecule has 2 aliphatic heterocycles. The first-order valence-electron chi connectivity index (χ1n) is 17.3. The molecule has 0 atom stereocenters. The number of fused-ring (bicyclic) bond motifs is 10. The Morgan fingerprint density at radius 1 is 0.380 bits per heavy atom. The van der Waals surface area contributed by atoms with Crippen molar-refractivity contribution in [1.82, 2.24) is 0 Å². The maximum Gasteiger partial charge on any atom is 0.240 e. The van der Waals surface area contributed by atoms with E-state index < -0.39 is 8.07 Å². The fraction of sp³-hybridized carbons (Fsp3) is 0. The molecule has 4 heteroatoms. The Labute approximate surface area is 290 Å². The zero-order valence-corrected chi connectivity index (χ0v) is 28.1. The highest BCUT2D eigenvalue weighted by molar-refractivity contribution is 7.20. The molecule has 1 spiro atoms. The van der Waals surface area contributed by atoms with E-state index in [-0.39, 0.29) is 6.71 Å². The zero-order chi connectivity index (χ0) is 32.8. The summed E-state index contributed by atoms with van der Waals surface area (Å²) in [6.07, 6.45) is 0. The highest BCUT2D eigenvalue weighted by Crippen LogP contribution is 2.43. The summed E-state index contributed by atoms with van der Waals surface area (Å²) in [6.45, 7) is 0.179. The van der Waals surface area contributed by atoms with Crippen LogP contribution in [0.5, 0.6) is 0 Å². The van der Waals surface area contributed by atoms with Gasteiger partial charge in [0.2, 0.25) is 6.71 Å². The molecule has 9 aromatic rings. The van der Waals surface area contributed by atoms with E-state index in [0.29, 0.717) is 0 Å². The standard InChI is InChI=1S/C46H29BO2Si/c1-2-12-32(13-3-1)47-39-16-6-10-20-45(39)50(46-21-11-7-17-40(46)47)28-37(30-22-24-43-35(26-30)33-14-4-8-18-41(33)48-43)38(29-50)31-23-25-44-36(27-31)34-15-5-9-19-42(34)49-44/h1-29H. The van der Waals surface area contributed by atoms with Gasteiger partial charge in [-0.3, -0.25) is 0 Å². The van der Waals surface area contributed by atoms with Crippen LogP contribution in [0.1, 0.15) is 11.1 Å². The molecule has 4 heterocycles. The molecule has 0 amide bonds. The first kappa shape index (κ1) is 27.8. The van der Waals surface area contributed by atoms with Gasteiger partial charge in [-0.05, 0) is 58.7 Å². The van der Waals surface area contributed by atoms with Gasteiger partial charge in [0.15, 0.2) is 8.07 Å². The average molecular weight is 653 g/mol. The first-order chi connectivity index (χ1) is 24.7. The van der Waals surface area contributed by atoms with E-state index in [1.807, 2.05) is 12.1 Å². The largest absolute Gasteiger partial charge is 0.456 e. The van der Waals surface area contributed by atoms with E-state index in [2.05, 4.69) is 163 Å². The molecule has 2 nitrogen and oxygen atoms in total. The summed E-state index contributed by atoms with van der Waals surface area (Å²) in [4.78, 5) is 0. The van der Waals surface area contributed by atoms with E-state index in [4.69, 9.17) is 8.83 Å². The normalized spacial score (nSPS) is 14.8. The second kappa shape index (κ2) is 10.4. The van der Waals surface area contributed by atoms with Crippen molar-refractivity contribution >= 4 is 96.6 Å². The van der Waals surface area contributed by atoms with Gasteiger partial charge < -0.3 is 8.83 Å². The third kappa shape index (κ3) is 3.91. The summed E-state index contributed by atoms with van der Waals surface area (Å²) in [5.74, 6) is 0. The quantitative estimate of drug-likeness (QED) is 0.180. The van der Waals surface area contributed by atoms with Gasteiger partial charge in [-0.15, -0.1) is 0 Å². The van der Waals surface area contributed by atoms with Crippen LogP contribution in [-0.2, 0) is 0 Å². The Hall–Kier alpha value is -6.10. The molecule has 2 aromatic heterocycles. The lowest BCUT2D eigenvalue weighted by molar-refractivity contribution is 0.668. The fourth-order valence-electron chi connectivity index (χ4n) is 8.80. The summed E-state index contributed by atoms with van der Waals surface area (Å²) in [5, 5.41) is 7.50. The number of allylic oxidation sites excluding steroid dienone is 2. The molecule has 0 unspecified atom stereocenters. The van der Waals surface area contributed by atoms with Crippen LogP contribution in [0.15, 0.2) is 184 Å². The summed E-state index contributed by atoms with van der Waals surface area (Å²) >= 11 is 0. The third-order valence-corrected chi connectivity index (χ3v) is 15.2. The molecule has 2 aliphatic rings. The highest BCUT2D eigenvalue weighted by atomic mass is 28.3. The van der Waals surface area contributed by atoms with Crippen molar-refractivity contribution in [3.8, 4) is 0 Å². The van der Waals surface area contributed by atoms with E-state index >= 15 is 0 Å². The molecule has 232 valence electrons. The summed E-state index contributed by atoms with van der Waals surface area (Å²) < 4.78 is 12.6. The van der Waals surface area contributed by atoms with Crippen molar-refractivity contribution in [3.05, 3.63) is 186 Å². The monoisotopic (exact) mass is 652 g/mol. The van der Waals surface area contributed by atoms with Crippen LogP contribution in [0.25, 0.3) is 55.0 Å². The number of hydrogen-bond donors (Lipinski definition) is 0. The van der Waals surface area contributed by atoms with Crippen LogP contribution in [-0.4, -0.2) is 14.8 Å². The van der Waals surface area contributed by atoms with Crippen LogP contribution in [0.3, 0.4) is 0 Å². The molecule has 0 saturated heterocycles. The van der Waals surface area contributed by atoms with Gasteiger partial charge in [0, 0.05) is 21.5 Å². The maximum atomic E-state index is 6.28. The van der Waals surface area contributed by atoms with Gasteiger partial charge in [0.25, 0.3) is 0 Å². The molecule has 11 rings (SSSR count). The van der Waals surface area contributed by atoms with Crippen molar-refractivity contribution in [1.29, 1.82) is 0 Å². The van der Waals surface area contributed by atoms with Crippen LogP contribution in [0.4, 0.5) is 0 Å². The number of rotatable bonds is 3.